The second-order valence-corrected chi connectivity index (χ2v) is 9.18. The van der Waals surface area contributed by atoms with Crippen molar-refractivity contribution in [2.24, 2.45) is 10.9 Å². The molecule has 1 aromatic carbocycles. The second-order valence-electron chi connectivity index (χ2n) is 9.18. The summed E-state index contributed by atoms with van der Waals surface area (Å²) in [5, 5.41) is 14.8. The average Bonchev–Trinajstić information content (AvgIpc) is 2.86. The van der Waals surface area contributed by atoms with Crippen LogP contribution in [0.25, 0.3) is 5.57 Å². The summed E-state index contributed by atoms with van der Waals surface area (Å²) in [6.45, 7) is 14.7. The predicted molar refractivity (Wildman–Crippen MR) is 148 cm³/mol. The highest BCUT2D eigenvalue weighted by atomic mass is 16.6. The van der Waals surface area contributed by atoms with Gasteiger partial charge in [0.2, 0.25) is 0 Å². The first-order chi connectivity index (χ1) is 17.2. The maximum absolute atomic E-state index is 11.5. The lowest BCUT2D eigenvalue weighted by atomic mass is 9.86. The number of nitrogens with one attached hydrogen (secondary N) is 1. The summed E-state index contributed by atoms with van der Waals surface area (Å²) in [5.74, 6) is 0.430. The summed E-state index contributed by atoms with van der Waals surface area (Å²) in [6, 6.07) is 5.52. The Bertz CT molecular complexity index is 885. The van der Waals surface area contributed by atoms with E-state index in [-0.39, 0.29) is 28.7 Å². The van der Waals surface area contributed by atoms with E-state index < -0.39 is 0 Å². The van der Waals surface area contributed by atoms with Gasteiger partial charge in [-0.25, -0.2) is 0 Å². The van der Waals surface area contributed by atoms with Gasteiger partial charge in [0.25, 0.3) is 5.69 Å². The molecule has 36 heavy (non-hydrogen) atoms. The lowest BCUT2D eigenvalue weighted by Crippen LogP contribution is -2.40. The van der Waals surface area contributed by atoms with Gasteiger partial charge in [-0.1, -0.05) is 40.0 Å². The molecule has 1 heterocycles. The van der Waals surface area contributed by atoms with Crippen LogP contribution in [0, 0.1) is 16.0 Å². The smallest absolute Gasteiger partial charge is 0.305 e. The number of anilines is 1. The van der Waals surface area contributed by atoms with Crippen LogP contribution in [0.15, 0.2) is 29.4 Å². The molecule has 0 unspecified atom stereocenters. The highest BCUT2D eigenvalue weighted by Crippen LogP contribution is 2.30. The monoisotopic (exact) mass is 503 g/mol. The summed E-state index contributed by atoms with van der Waals surface area (Å²) < 4.78 is 9.89. The third-order valence-corrected chi connectivity index (χ3v) is 5.94. The first-order valence-electron chi connectivity index (χ1n) is 13.2. The highest BCUT2D eigenvalue weighted by molar-refractivity contribution is 5.86. The molecule has 3 rings (SSSR count). The Kier molecular flexibility index (Phi) is 14.6. The van der Waals surface area contributed by atoms with E-state index >= 15 is 0 Å². The van der Waals surface area contributed by atoms with Gasteiger partial charge in [0.1, 0.15) is 0 Å². The maximum atomic E-state index is 11.5. The van der Waals surface area contributed by atoms with Crippen molar-refractivity contribution < 1.29 is 19.2 Å². The Morgan fingerprint density at radius 2 is 1.86 bits per heavy atom. The van der Waals surface area contributed by atoms with Crippen molar-refractivity contribution in [3.05, 3.63) is 40.1 Å². The molecule has 0 radical (unpaired) electrons. The molecule has 1 saturated carbocycles. The zero-order valence-electron chi connectivity index (χ0n) is 23.1. The number of carbonyl (C=O) groups excluding carboxylic acids is 1. The summed E-state index contributed by atoms with van der Waals surface area (Å²) in [6.07, 6.45) is 8.54. The molecule has 0 amide bonds. The molecule has 0 spiro atoms. The van der Waals surface area contributed by atoms with Gasteiger partial charge in [-0.15, -0.1) is 0 Å². The number of carbonyl (C=O) groups is 1. The van der Waals surface area contributed by atoms with Crippen molar-refractivity contribution in [3.8, 4) is 0 Å². The Morgan fingerprint density at radius 1 is 1.22 bits per heavy atom. The van der Waals surface area contributed by atoms with Crippen molar-refractivity contribution in [1.29, 1.82) is 0 Å². The van der Waals surface area contributed by atoms with Crippen molar-refractivity contribution >= 4 is 28.6 Å². The third kappa shape index (κ3) is 10.9. The second kappa shape index (κ2) is 16.8. The summed E-state index contributed by atoms with van der Waals surface area (Å²) in [5.41, 5.74) is 3.42. The molecule has 1 N–H and O–H groups in total. The summed E-state index contributed by atoms with van der Waals surface area (Å²) in [4.78, 5) is 26.2. The number of esters is 1. The van der Waals surface area contributed by atoms with Gasteiger partial charge in [-0.05, 0) is 64.2 Å². The lowest BCUT2D eigenvalue weighted by Gasteiger charge is -2.27. The van der Waals surface area contributed by atoms with Crippen LogP contribution in [0.2, 0.25) is 0 Å². The molecule has 1 aliphatic heterocycles. The Balaban J connectivity index is 0.000000554. The van der Waals surface area contributed by atoms with Gasteiger partial charge in [-0.3, -0.25) is 19.9 Å². The zero-order chi connectivity index (χ0) is 27.1. The fraction of sp³-hybridized carbons (Fsp3) is 0.643. The number of nitro groups is 1. The molecule has 1 saturated heterocycles. The number of nitro benzene ring substituents is 1. The van der Waals surface area contributed by atoms with Crippen LogP contribution in [0.3, 0.4) is 0 Å². The van der Waals surface area contributed by atoms with Gasteiger partial charge in [0.15, 0.2) is 0 Å². The molecular weight excluding hydrogens is 458 g/mol. The minimum absolute atomic E-state index is 0.0300. The van der Waals surface area contributed by atoms with E-state index in [9.17, 15) is 14.9 Å². The van der Waals surface area contributed by atoms with Crippen molar-refractivity contribution in [1.82, 2.24) is 0 Å². The predicted octanol–water partition coefficient (Wildman–Crippen LogP) is 7.18. The van der Waals surface area contributed by atoms with Crippen LogP contribution >= 0.6 is 0 Å². The minimum atomic E-state index is -0.327. The molecule has 0 aromatic heterocycles. The molecule has 2 fully saturated rings. The quantitative estimate of drug-likeness (QED) is 0.174. The molecule has 202 valence electrons. The molecule has 8 nitrogen and oxygen atoms in total. The minimum Gasteiger partial charge on any atom is -0.463 e. The standard InChI is InChI=1S/C20H27N3O3.C6H12O2.C2H6/c1-14(11-21-15(2)16-6-4-3-5-7-16)19-9-8-17(10-20(19)23(24)25)22-18-12-26-13-18;1-4-6(7)8-5(2)3;1-2/h8-11,16,18,22H,3-7,12-13H2,1-2H3;5H,4H2,1-3H3;1-2H3/b14-11+,21-15?;;. The Labute approximate surface area is 216 Å². The Morgan fingerprint density at radius 3 is 2.33 bits per heavy atom. The van der Waals surface area contributed by atoms with Crippen molar-refractivity contribution in [3.63, 3.8) is 0 Å². The first kappa shape index (κ1) is 31.3. The first-order valence-corrected chi connectivity index (χ1v) is 13.2. The number of ether oxygens (including phenoxy) is 2. The fourth-order valence-corrected chi connectivity index (χ4v) is 3.90. The van der Waals surface area contributed by atoms with Gasteiger partial charge >= 0.3 is 5.97 Å². The molecule has 0 bridgehead atoms. The number of hydrogen-bond donors (Lipinski definition) is 1. The average molecular weight is 504 g/mol. The maximum Gasteiger partial charge on any atom is 0.305 e. The number of allylic oxidation sites excluding steroid dienone is 1. The molecule has 8 heteroatoms. The van der Waals surface area contributed by atoms with E-state index in [2.05, 4.69) is 17.2 Å². The number of hydrogen-bond acceptors (Lipinski definition) is 7. The van der Waals surface area contributed by atoms with Gasteiger partial charge in [0.05, 0.1) is 35.8 Å². The van der Waals surface area contributed by atoms with E-state index in [1.807, 2.05) is 40.7 Å². The SMILES string of the molecule is CC.CC(=N/C=C(\C)c1ccc(NC2COC2)cc1[N+](=O)[O-])C1CCCCC1.CCC(=O)OC(C)C. The normalized spacial score (nSPS) is 16.7. The summed E-state index contributed by atoms with van der Waals surface area (Å²) in [7, 11) is 0. The van der Waals surface area contributed by atoms with E-state index in [0.29, 0.717) is 31.1 Å². The van der Waals surface area contributed by atoms with E-state index in [1.165, 1.54) is 32.1 Å². The topological polar surface area (TPSA) is 103 Å². The van der Waals surface area contributed by atoms with E-state index in [0.717, 1.165) is 17.0 Å². The van der Waals surface area contributed by atoms with Crippen LogP contribution in [0.4, 0.5) is 11.4 Å². The molecule has 1 aromatic rings. The van der Waals surface area contributed by atoms with Crippen LogP contribution in [-0.2, 0) is 14.3 Å². The van der Waals surface area contributed by atoms with Crippen molar-refractivity contribution in [2.75, 3.05) is 18.5 Å². The van der Waals surface area contributed by atoms with Crippen LogP contribution < -0.4 is 5.32 Å². The van der Waals surface area contributed by atoms with Gasteiger partial charge in [0, 0.05) is 30.1 Å². The highest BCUT2D eigenvalue weighted by Gasteiger charge is 2.21. The van der Waals surface area contributed by atoms with Crippen molar-refractivity contribution in [2.45, 2.75) is 99.1 Å². The van der Waals surface area contributed by atoms with Crippen LogP contribution in [0.5, 0.6) is 0 Å². The number of rotatable bonds is 8. The zero-order valence-corrected chi connectivity index (χ0v) is 23.1. The number of nitrogens with zero attached hydrogens (tertiary/aromatic N) is 2. The van der Waals surface area contributed by atoms with Gasteiger partial charge in [-0.2, -0.15) is 0 Å². The van der Waals surface area contributed by atoms with Crippen LogP contribution in [-0.4, -0.2) is 42.0 Å². The van der Waals surface area contributed by atoms with Crippen LogP contribution in [0.1, 0.15) is 92.6 Å². The largest absolute Gasteiger partial charge is 0.463 e. The Hall–Kier alpha value is -2.74. The van der Waals surface area contributed by atoms with E-state index in [1.54, 1.807) is 25.3 Å². The number of benzene rings is 1. The molecule has 1 aliphatic carbocycles. The van der Waals surface area contributed by atoms with E-state index in [4.69, 9.17) is 9.47 Å². The number of aliphatic imine (C=N–C) groups is 1. The molecule has 0 atom stereocenters. The third-order valence-electron chi connectivity index (χ3n) is 5.94. The summed E-state index contributed by atoms with van der Waals surface area (Å²) >= 11 is 0. The van der Waals surface area contributed by atoms with Gasteiger partial charge < -0.3 is 14.8 Å². The fourth-order valence-electron chi connectivity index (χ4n) is 3.90. The lowest BCUT2D eigenvalue weighted by molar-refractivity contribution is -0.385. The molecule has 2 aliphatic rings. The molecular formula is C28H45N3O5.